The number of benzene rings is 1. The number of hydrogen-bond acceptors (Lipinski definition) is 3. The summed E-state index contributed by atoms with van der Waals surface area (Å²) >= 11 is 0. The van der Waals surface area contributed by atoms with Crippen LogP contribution < -0.4 is 5.73 Å². The van der Waals surface area contributed by atoms with Crippen LogP contribution >= 0.6 is 0 Å². The highest BCUT2D eigenvalue weighted by molar-refractivity contribution is 6.46. The van der Waals surface area contributed by atoms with E-state index in [2.05, 4.69) is 0 Å². The molecule has 0 unspecified atom stereocenters. The molecule has 4 N–H and O–H groups in total. The molecule has 0 bridgehead atoms. The van der Waals surface area contributed by atoms with E-state index in [0.29, 0.717) is 0 Å². The van der Waals surface area contributed by atoms with Gasteiger partial charge >= 0.3 is 0 Å². The van der Waals surface area contributed by atoms with Crippen molar-refractivity contribution in [2.24, 2.45) is 5.73 Å². The van der Waals surface area contributed by atoms with Crippen molar-refractivity contribution >= 4 is 11.4 Å². The molecule has 0 atom stereocenters. The molecule has 0 spiro atoms. The van der Waals surface area contributed by atoms with Crippen molar-refractivity contribution in [1.29, 1.82) is 10.8 Å². The van der Waals surface area contributed by atoms with Crippen LogP contribution in [0.15, 0.2) is 30.3 Å². The SMILES string of the molecule is N=C(CN)C(=N)c1ccccc1. The van der Waals surface area contributed by atoms with E-state index in [9.17, 15) is 0 Å². The Morgan fingerprint density at radius 1 is 1.17 bits per heavy atom. The largest absolute Gasteiger partial charge is 0.325 e. The zero-order valence-electron chi connectivity index (χ0n) is 6.67. The van der Waals surface area contributed by atoms with Gasteiger partial charge in [0.1, 0.15) is 0 Å². The maximum Gasteiger partial charge on any atom is 0.0833 e. The first-order valence-corrected chi connectivity index (χ1v) is 3.67. The van der Waals surface area contributed by atoms with E-state index in [1.54, 1.807) is 12.1 Å². The second-order valence-electron chi connectivity index (χ2n) is 2.42. The van der Waals surface area contributed by atoms with Gasteiger partial charge in [0.25, 0.3) is 0 Å². The van der Waals surface area contributed by atoms with Gasteiger partial charge in [-0.05, 0) is 0 Å². The first kappa shape index (κ1) is 8.62. The van der Waals surface area contributed by atoms with E-state index < -0.39 is 0 Å². The predicted molar refractivity (Wildman–Crippen MR) is 50.1 cm³/mol. The van der Waals surface area contributed by atoms with Crippen molar-refractivity contribution in [1.82, 2.24) is 0 Å². The van der Waals surface area contributed by atoms with Crippen molar-refractivity contribution in [3.05, 3.63) is 35.9 Å². The molecule has 0 aliphatic heterocycles. The summed E-state index contributed by atoms with van der Waals surface area (Å²) in [5.74, 6) is 0. The summed E-state index contributed by atoms with van der Waals surface area (Å²) in [6.07, 6.45) is 0. The molecule has 0 aliphatic rings. The fourth-order valence-corrected chi connectivity index (χ4v) is 0.881. The first-order chi connectivity index (χ1) is 5.75. The minimum Gasteiger partial charge on any atom is -0.325 e. The smallest absolute Gasteiger partial charge is 0.0833 e. The lowest BCUT2D eigenvalue weighted by molar-refractivity contribution is 1.28. The van der Waals surface area contributed by atoms with Crippen LogP contribution in [0.2, 0.25) is 0 Å². The van der Waals surface area contributed by atoms with E-state index in [-0.39, 0.29) is 18.0 Å². The Labute approximate surface area is 71.2 Å². The van der Waals surface area contributed by atoms with Crippen molar-refractivity contribution in [3.8, 4) is 0 Å². The summed E-state index contributed by atoms with van der Waals surface area (Å²) < 4.78 is 0. The predicted octanol–water partition coefficient (Wildman–Crippen LogP) is 1.03. The Kier molecular flexibility index (Phi) is 2.71. The van der Waals surface area contributed by atoms with Gasteiger partial charge in [0.15, 0.2) is 0 Å². The monoisotopic (exact) mass is 161 g/mol. The summed E-state index contributed by atoms with van der Waals surface area (Å²) in [4.78, 5) is 0. The van der Waals surface area contributed by atoms with Gasteiger partial charge < -0.3 is 11.1 Å². The molecular weight excluding hydrogens is 150 g/mol. The van der Waals surface area contributed by atoms with Crippen molar-refractivity contribution in [3.63, 3.8) is 0 Å². The zero-order chi connectivity index (χ0) is 8.97. The minimum absolute atomic E-state index is 0.119. The third-order valence-electron chi connectivity index (χ3n) is 1.57. The van der Waals surface area contributed by atoms with E-state index in [0.717, 1.165) is 5.56 Å². The van der Waals surface area contributed by atoms with Crippen LogP contribution in [0.5, 0.6) is 0 Å². The molecule has 0 aliphatic carbocycles. The topological polar surface area (TPSA) is 73.7 Å². The second kappa shape index (κ2) is 3.78. The summed E-state index contributed by atoms with van der Waals surface area (Å²) in [6.45, 7) is 0.119. The van der Waals surface area contributed by atoms with Gasteiger partial charge in [-0.15, -0.1) is 0 Å². The van der Waals surface area contributed by atoms with E-state index in [1.807, 2.05) is 18.2 Å². The number of rotatable bonds is 3. The highest BCUT2D eigenvalue weighted by Gasteiger charge is 2.04. The highest BCUT2D eigenvalue weighted by Crippen LogP contribution is 1.99. The molecular formula is C9H11N3. The lowest BCUT2D eigenvalue weighted by atomic mass is 10.1. The normalized spacial score (nSPS) is 9.42. The molecule has 1 aromatic carbocycles. The minimum atomic E-state index is 0.119. The van der Waals surface area contributed by atoms with Gasteiger partial charge in [-0.1, -0.05) is 30.3 Å². The first-order valence-electron chi connectivity index (χ1n) is 3.67. The van der Waals surface area contributed by atoms with Crippen LogP contribution in [0.1, 0.15) is 5.56 Å². The Morgan fingerprint density at radius 3 is 2.25 bits per heavy atom. The van der Waals surface area contributed by atoms with Crippen LogP contribution in [-0.4, -0.2) is 18.0 Å². The molecule has 0 aromatic heterocycles. The molecule has 0 saturated carbocycles. The molecule has 0 saturated heterocycles. The third-order valence-corrected chi connectivity index (χ3v) is 1.57. The Balaban J connectivity index is 2.86. The summed E-state index contributed by atoms with van der Waals surface area (Å²) in [5.41, 5.74) is 6.36. The molecule has 3 heteroatoms. The quantitative estimate of drug-likeness (QED) is 0.569. The summed E-state index contributed by atoms with van der Waals surface area (Å²) in [7, 11) is 0. The number of hydrogen-bond donors (Lipinski definition) is 3. The lowest BCUT2D eigenvalue weighted by Crippen LogP contribution is -2.22. The number of nitrogens with one attached hydrogen (secondary N) is 2. The fourth-order valence-electron chi connectivity index (χ4n) is 0.881. The average molecular weight is 161 g/mol. The van der Waals surface area contributed by atoms with Crippen LogP contribution in [0, 0.1) is 10.8 Å². The summed E-state index contributed by atoms with van der Waals surface area (Å²) in [5, 5.41) is 14.9. The average Bonchev–Trinajstić information content (AvgIpc) is 2.17. The van der Waals surface area contributed by atoms with Crippen LogP contribution in [0.4, 0.5) is 0 Å². The zero-order valence-corrected chi connectivity index (χ0v) is 6.67. The van der Waals surface area contributed by atoms with Gasteiger partial charge in [0.05, 0.1) is 11.4 Å². The molecule has 0 radical (unpaired) electrons. The van der Waals surface area contributed by atoms with E-state index in [1.165, 1.54) is 0 Å². The molecule has 0 amide bonds. The van der Waals surface area contributed by atoms with Gasteiger partial charge in [-0.2, -0.15) is 0 Å². The van der Waals surface area contributed by atoms with Gasteiger partial charge in [0.2, 0.25) is 0 Å². The van der Waals surface area contributed by atoms with E-state index in [4.69, 9.17) is 16.6 Å². The molecule has 1 rings (SSSR count). The fraction of sp³-hybridized carbons (Fsp3) is 0.111. The van der Waals surface area contributed by atoms with Crippen molar-refractivity contribution < 1.29 is 0 Å². The van der Waals surface area contributed by atoms with E-state index >= 15 is 0 Å². The maximum absolute atomic E-state index is 7.53. The Morgan fingerprint density at radius 2 is 1.75 bits per heavy atom. The van der Waals surface area contributed by atoms with Gasteiger partial charge in [-0.3, -0.25) is 5.41 Å². The van der Waals surface area contributed by atoms with Crippen molar-refractivity contribution in [2.45, 2.75) is 0 Å². The third kappa shape index (κ3) is 1.77. The number of nitrogens with two attached hydrogens (primary N) is 1. The molecule has 62 valence electrons. The van der Waals surface area contributed by atoms with Crippen LogP contribution in [-0.2, 0) is 0 Å². The molecule has 1 aromatic rings. The lowest BCUT2D eigenvalue weighted by Gasteiger charge is -2.02. The Bertz CT molecular complexity index is 290. The molecule has 3 nitrogen and oxygen atoms in total. The van der Waals surface area contributed by atoms with Crippen LogP contribution in [0.25, 0.3) is 0 Å². The van der Waals surface area contributed by atoms with Crippen LogP contribution in [0.3, 0.4) is 0 Å². The second-order valence-corrected chi connectivity index (χ2v) is 2.42. The molecule has 12 heavy (non-hydrogen) atoms. The Hall–Kier alpha value is -1.48. The summed E-state index contributed by atoms with van der Waals surface area (Å²) in [6, 6.07) is 9.16. The van der Waals surface area contributed by atoms with Gasteiger partial charge in [-0.25, -0.2) is 0 Å². The van der Waals surface area contributed by atoms with Gasteiger partial charge in [0, 0.05) is 12.1 Å². The highest BCUT2D eigenvalue weighted by atomic mass is 14.6. The molecule has 0 heterocycles. The van der Waals surface area contributed by atoms with Crippen molar-refractivity contribution in [2.75, 3.05) is 6.54 Å². The maximum atomic E-state index is 7.53. The standard InChI is InChI=1S/C9H11N3/c10-6-8(11)9(12)7-4-2-1-3-5-7/h1-5,11-12H,6,10H2. The molecule has 0 fully saturated rings.